The normalized spacial score (nSPS) is 19.3. The van der Waals surface area contributed by atoms with E-state index in [2.05, 4.69) is 9.97 Å². The topological polar surface area (TPSA) is 59.2 Å². The summed E-state index contributed by atoms with van der Waals surface area (Å²) in [5.41, 5.74) is 0.279. The van der Waals surface area contributed by atoms with Crippen LogP contribution in [-0.2, 0) is 0 Å². The molecule has 5 nitrogen and oxygen atoms in total. The first-order valence-corrected chi connectivity index (χ1v) is 7.45. The van der Waals surface area contributed by atoms with Crippen LogP contribution in [0, 0.1) is 0 Å². The van der Waals surface area contributed by atoms with E-state index in [9.17, 15) is 4.79 Å². The quantitative estimate of drug-likeness (QED) is 0.852. The van der Waals surface area contributed by atoms with Crippen LogP contribution in [0.5, 0.6) is 0 Å². The lowest BCUT2D eigenvalue weighted by Gasteiger charge is -2.28. The number of furan rings is 1. The lowest BCUT2D eigenvalue weighted by molar-refractivity contribution is 0.0652. The van der Waals surface area contributed by atoms with Crippen LogP contribution in [0.25, 0.3) is 0 Å². The van der Waals surface area contributed by atoms with Crippen molar-refractivity contribution in [1.82, 2.24) is 14.9 Å². The van der Waals surface area contributed by atoms with Gasteiger partial charge in [-0.3, -0.25) is 9.78 Å². The molecule has 2 aromatic rings. The van der Waals surface area contributed by atoms with Crippen LogP contribution in [0.3, 0.4) is 0 Å². The number of carbonyl (C=O) groups is 1. The number of halogens is 1. The number of nitrogens with zero attached hydrogens (tertiary/aromatic N) is 3. The van der Waals surface area contributed by atoms with Crippen molar-refractivity contribution < 1.29 is 9.21 Å². The Labute approximate surface area is 127 Å². The minimum atomic E-state index is -0.145. The molecule has 0 radical (unpaired) electrons. The predicted octanol–water partition coefficient (Wildman–Crippen LogP) is 3.48. The third kappa shape index (κ3) is 3.08. The highest BCUT2D eigenvalue weighted by molar-refractivity contribution is 6.29. The summed E-state index contributed by atoms with van der Waals surface area (Å²) in [5.74, 6) is 0.675. The number of hydrogen-bond acceptors (Lipinski definition) is 4. The summed E-state index contributed by atoms with van der Waals surface area (Å²) in [4.78, 5) is 22.6. The van der Waals surface area contributed by atoms with E-state index < -0.39 is 0 Å². The van der Waals surface area contributed by atoms with E-state index in [4.69, 9.17) is 16.0 Å². The molecule has 0 bridgehead atoms. The molecule has 1 saturated heterocycles. The monoisotopic (exact) mass is 305 g/mol. The molecule has 110 valence electrons. The lowest BCUT2D eigenvalue weighted by atomic mass is 10.1. The molecule has 6 heteroatoms. The number of carbonyl (C=O) groups excluding carboxylic acids is 1. The van der Waals surface area contributed by atoms with Crippen molar-refractivity contribution in [3.05, 3.63) is 47.4 Å². The standard InChI is InChI=1S/C15H16ClN3O2/c16-14-10-17-9-11(18-14)15(20)19-7-3-1-2-5-12(19)13-6-4-8-21-13/h4,6,8-10,12H,1-3,5,7H2. The van der Waals surface area contributed by atoms with Gasteiger partial charge in [-0.1, -0.05) is 24.4 Å². The van der Waals surface area contributed by atoms with Crippen LogP contribution in [0.2, 0.25) is 5.15 Å². The van der Waals surface area contributed by atoms with Crippen molar-refractivity contribution in [1.29, 1.82) is 0 Å². The summed E-state index contributed by atoms with van der Waals surface area (Å²) in [7, 11) is 0. The molecule has 0 N–H and O–H groups in total. The maximum absolute atomic E-state index is 12.7. The second-order valence-electron chi connectivity index (χ2n) is 5.11. The SMILES string of the molecule is O=C(c1cncc(Cl)n1)N1CCCCCC1c1ccco1. The third-order valence-electron chi connectivity index (χ3n) is 3.71. The molecular weight excluding hydrogens is 290 g/mol. The maximum Gasteiger partial charge on any atom is 0.274 e. The second kappa shape index (κ2) is 6.26. The average Bonchev–Trinajstić information content (AvgIpc) is 2.91. The number of likely N-dealkylation sites (tertiary alicyclic amines) is 1. The van der Waals surface area contributed by atoms with Crippen LogP contribution in [0.1, 0.15) is 48.0 Å². The lowest BCUT2D eigenvalue weighted by Crippen LogP contribution is -2.35. The van der Waals surface area contributed by atoms with E-state index in [1.54, 1.807) is 6.26 Å². The highest BCUT2D eigenvalue weighted by Crippen LogP contribution is 2.31. The van der Waals surface area contributed by atoms with E-state index in [0.29, 0.717) is 6.54 Å². The molecule has 1 atom stereocenters. The molecule has 1 unspecified atom stereocenters. The van der Waals surface area contributed by atoms with Gasteiger partial charge < -0.3 is 9.32 Å². The minimum absolute atomic E-state index is 0.0456. The average molecular weight is 306 g/mol. The molecule has 1 aliphatic heterocycles. The Bertz CT molecular complexity index is 615. The van der Waals surface area contributed by atoms with Gasteiger partial charge >= 0.3 is 0 Å². The zero-order valence-electron chi connectivity index (χ0n) is 11.5. The van der Waals surface area contributed by atoms with Crippen LogP contribution in [-0.4, -0.2) is 27.3 Å². The van der Waals surface area contributed by atoms with Crippen LogP contribution in [0.4, 0.5) is 0 Å². The highest BCUT2D eigenvalue weighted by Gasteiger charge is 2.30. The molecule has 0 aliphatic carbocycles. The van der Waals surface area contributed by atoms with Crippen LogP contribution >= 0.6 is 11.6 Å². The summed E-state index contributed by atoms with van der Waals surface area (Å²) in [6, 6.07) is 3.72. The summed E-state index contributed by atoms with van der Waals surface area (Å²) >= 11 is 5.83. The molecule has 0 aromatic carbocycles. The fraction of sp³-hybridized carbons (Fsp3) is 0.400. The first-order chi connectivity index (χ1) is 10.3. The molecule has 1 amide bonds. The number of hydrogen-bond donors (Lipinski definition) is 0. The van der Waals surface area contributed by atoms with Gasteiger partial charge in [-0.05, 0) is 25.0 Å². The predicted molar refractivity (Wildman–Crippen MR) is 78.0 cm³/mol. The Morgan fingerprint density at radius 2 is 2.24 bits per heavy atom. The third-order valence-corrected chi connectivity index (χ3v) is 3.89. The van der Waals surface area contributed by atoms with Gasteiger partial charge in [0.2, 0.25) is 0 Å². The number of aromatic nitrogens is 2. The first-order valence-electron chi connectivity index (χ1n) is 7.07. The van der Waals surface area contributed by atoms with E-state index in [0.717, 1.165) is 31.4 Å². The Kier molecular flexibility index (Phi) is 4.20. The molecular formula is C15H16ClN3O2. The first kappa shape index (κ1) is 14.1. The molecule has 3 heterocycles. The Morgan fingerprint density at radius 3 is 3.00 bits per heavy atom. The fourth-order valence-corrected chi connectivity index (χ4v) is 2.87. The Hall–Kier alpha value is -1.88. The maximum atomic E-state index is 12.7. The van der Waals surface area contributed by atoms with Gasteiger partial charge in [-0.25, -0.2) is 4.98 Å². The zero-order chi connectivity index (χ0) is 14.7. The molecule has 3 rings (SSSR count). The number of rotatable bonds is 2. The van der Waals surface area contributed by atoms with E-state index in [1.165, 1.54) is 12.4 Å². The summed E-state index contributed by atoms with van der Waals surface area (Å²) < 4.78 is 5.51. The van der Waals surface area contributed by atoms with Crippen molar-refractivity contribution in [2.24, 2.45) is 0 Å². The van der Waals surface area contributed by atoms with E-state index in [-0.39, 0.29) is 22.8 Å². The largest absolute Gasteiger partial charge is 0.467 e. The van der Waals surface area contributed by atoms with Crippen molar-refractivity contribution in [3.8, 4) is 0 Å². The Balaban J connectivity index is 1.90. The summed E-state index contributed by atoms with van der Waals surface area (Å²) in [6.07, 6.45) is 8.59. The molecule has 2 aromatic heterocycles. The smallest absolute Gasteiger partial charge is 0.274 e. The van der Waals surface area contributed by atoms with Gasteiger partial charge in [0.25, 0.3) is 5.91 Å². The van der Waals surface area contributed by atoms with Crippen LogP contribution in [0.15, 0.2) is 35.2 Å². The molecule has 0 spiro atoms. The van der Waals surface area contributed by atoms with Gasteiger partial charge in [0.05, 0.1) is 24.7 Å². The number of amides is 1. The molecule has 0 saturated carbocycles. The van der Waals surface area contributed by atoms with E-state index >= 15 is 0 Å². The molecule has 21 heavy (non-hydrogen) atoms. The minimum Gasteiger partial charge on any atom is -0.467 e. The van der Waals surface area contributed by atoms with Crippen molar-refractivity contribution >= 4 is 17.5 Å². The van der Waals surface area contributed by atoms with Gasteiger partial charge in [-0.2, -0.15) is 0 Å². The van der Waals surface area contributed by atoms with Crippen molar-refractivity contribution in [2.75, 3.05) is 6.54 Å². The Morgan fingerprint density at radius 1 is 1.33 bits per heavy atom. The summed E-state index contributed by atoms with van der Waals surface area (Å²) in [5, 5.41) is 0.227. The summed E-state index contributed by atoms with van der Waals surface area (Å²) in [6.45, 7) is 0.693. The van der Waals surface area contributed by atoms with Gasteiger partial charge in [0, 0.05) is 6.54 Å². The zero-order valence-corrected chi connectivity index (χ0v) is 12.3. The molecule has 1 fully saturated rings. The van der Waals surface area contributed by atoms with E-state index in [1.807, 2.05) is 17.0 Å². The van der Waals surface area contributed by atoms with Gasteiger partial charge in [-0.15, -0.1) is 0 Å². The molecule has 1 aliphatic rings. The van der Waals surface area contributed by atoms with Crippen molar-refractivity contribution in [2.45, 2.75) is 31.7 Å². The van der Waals surface area contributed by atoms with Crippen molar-refractivity contribution in [3.63, 3.8) is 0 Å². The van der Waals surface area contributed by atoms with Crippen LogP contribution < -0.4 is 0 Å². The highest BCUT2D eigenvalue weighted by atomic mass is 35.5. The van der Waals surface area contributed by atoms with Gasteiger partial charge in [0.1, 0.15) is 16.6 Å². The second-order valence-corrected chi connectivity index (χ2v) is 5.49. The van der Waals surface area contributed by atoms with Gasteiger partial charge in [0.15, 0.2) is 0 Å². The fourth-order valence-electron chi connectivity index (χ4n) is 2.72.